The molecular weight excluding hydrogens is 340 g/mol. The molecule has 0 aliphatic heterocycles. The Bertz CT molecular complexity index is 789. The van der Waals surface area contributed by atoms with Gasteiger partial charge in [-0.05, 0) is 30.3 Å². The first-order valence-electron chi connectivity index (χ1n) is 5.52. The summed E-state index contributed by atoms with van der Waals surface area (Å²) in [5, 5.41) is 7.57. The number of hydrogen-bond donors (Lipinski definition) is 3. The van der Waals surface area contributed by atoms with E-state index >= 15 is 0 Å². The van der Waals surface area contributed by atoms with Crippen LogP contribution in [0.5, 0.6) is 0 Å². The predicted molar refractivity (Wildman–Crippen MR) is 81.9 cm³/mol. The molecule has 0 aromatic heterocycles. The van der Waals surface area contributed by atoms with Crippen molar-refractivity contribution in [2.75, 3.05) is 11.1 Å². The molecule has 112 valence electrons. The van der Waals surface area contributed by atoms with Crippen molar-refractivity contribution in [2.45, 2.75) is 4.90 Å². The van der Waals surface area contributed by atoms with Crippen LogP contribution in [-0.4, -0.2) is 8.42 Å². The zero-order valence-corrected chi connectivity index (χ0v) is 12.7. The maximum atomic E-state index is 13.3. The van der Waals surface area contributed by atoms with Crippen molar-refractivity contribution in [1.82, 2.24) is 0 Å². The van der Waals surface area contributed by atoms with Crippen molar-refractivity contribution in [3.8, 4) is 0 Å². The monoisotopic (exact) mass is 349 g/mol. The summed E-state index contributed by atoms with van der Waals surface area (Å²) >= 11 is 11.4. The molecule has 2 aromatic carbocycles. The molecule has 9 heteroatoms. The lowest BCUT2D eigenvalue weighted by Crippen LogP contribution is -2.12. The first-order valence-corrected chi connectivity index (χ1v) is 7.82. The van der Waals surface area contributed by atoms with E-state index in [0.29, 0.717) is 11.4 Å². The van der Waals surface area contributed by atoms with Gasteiger partial charge in [-0.3, -0.25) is 0 Å². The zero-order chi connectivity index (χ0) is 15.8. The van der Waals surface area contributed by atoms with E-state index in [1.54, 1.807) is 0 Å². The molecule has 0 aliphatic carbocycles. The van der Waals surface area contributed by atoms with E-state index < -0.39 is 15.8 Å². The molecule has 5 nitrogen and oxygen atoms in total. The number of rotatable bonds is 3. The van der Waals surface area contributed by atoms with Crippen molar-refractivity contribution < 1.29 is 12.8 Å². The maximum absolute atomic E-state index is 13.3. The molecule has 5 N–H and O–H groups in total. The van der Waals surface area contributed by atoms with Gasteiger partial charge >= 0.3 is 0 Å². The van der Waals surface area contributed by atoms with Crippen LogP contribution in [0.25, 0.3) is 0 Å². The first-order chi connectivity index (χ1) is 9.68. The average Bonchev–Trinajstić information content (AvgIpc) is 2.37. The number of primary sulfonamides is 1. The molecule has 0 bridgehead atoms. The van der Waals surface area contributed by atoms with E-state index in [1.807, 2.05) is 0 Å². The van der Waals surface area contributed by atoms with E-state index in [9.17, 15) is 12.8 Å². The number of halogens is 3. The molecule has 0 atom stereocenters. The van der Waals surface area contributed by atoms with Gasteiger partial charge in [0.1, 0.15) is 0 Å². The number of benzene rings is 2. The van der Waals surface area contributed by atoms with Crippen LogP contribution in [0.2, 0.25) is 10.0 Å². The Morgan fingerprint density at radius 1 is 1.10 bits per heavy atom. The lowest BCUT2D eigenvalue weighted by atomic mass is 10.2. The minimum absolute atomic E-state index is 0.110. The number of hydrogen-bond acceptors (Lipinski definition) is 4. The van der Waals surface area contributed by atoms with Crippen molar-refractivity contribution in [3.63, 3.8) is 0 Å². The fraction of sp³-hybridized carbons (Fsp3) is 0. The summed E-state index contributed by atoms with van der Waals surface area (Å²) in [6.07, 6.45) is 0. The highest BCUT2D eigenvalue weighted by Gasteiger charge is 2.12. The van der Waals surface area contributed by atoms with E-state index in [-0.39, 0.29) is 20.6 Å². The summed E-state index contributed by atoms with van der Waals surface area (Å²) in [6.45, 7) is 0. The quantitative estimate of drug-likeness (QED) is 0.585. The second kappa shape index (κ2) is 5.69. The number of nitrogens with one attached hydrogen (secondary N) is 1. The van der Waals surface area contributed by atoms with Gasteiger partial charge in [-0.1, -0.05) is 23.2 Å². The topological polar surface area (TPSA) is 98.2 Å². The van der Waals surface area contributed by atoms with Gasteiger partial charge in [-0.15, -0.1) is 0 Å². The third-order valence-electron chi connectivity index (χ3n) is 2.61. The molecule has 0 fully saturated rings. The molecule has 2 rings (SSSR count). The fourth-order valence-corrected chi connectivity index (χ4v) is 2.65. The lowest BCUT2D eigenvalue weighted by Gasteiger charge is -2.11. The molecule has 2 aromatic rings. The zero-order valence-electron chi connectivity index (χ0n) is 10.4. The Kier molecular flexibility index (Phi) is 4.29. The maximum Gasteiger partial charge on any atom is 0.238 e. The first kappa shape index (κ1) is 15.8. The summed E-state index contributed by atoms with van der Waals surface area (Å²) in [4.78, 5) is -0.110. The number of nitrogen functional groups attached to an aromatic ring is 1. The van der Waals surface area contributed by atoms with Gasteiger partial charge in [0.25, 0.3) is 0 Å². The second-order valence-electron chi connectivity index (χ2n) is 4.17. The van der Waals surface area contributed by atoms with Crippen molar-refractivity contribution in [3.05, 3.63) is 46.2 Å². The van der Waals surface area contributed by atoms with E-state index in [4.69, 9.17) is 34.1 Å². The Morgan fingerprint density at radius 2 is 1.67 bits per heavy atom. The largest absolute Gasteiger partial charge is 0.397 e. The van der Waals surface area contributed by atoms with Gasteiger partial charge in [-0.2, -0.15) is 0 Å². The normalized spacial score (nSPS) is 11.4. The van der Waals surface area contributed by atoms with E-state index in [1.165, 1.54) is 30.3 Å². The standard InChI is InChI=1S/C12H10Cl2FN3O2S/c13-8-3-6(4-9(14)12(8)15)18-11-2-1-7(5-10(11)16)21(17,19)20/h1-5,18H,16H2,(H2,17,19,20). The van der Waals surface area contributed by atoms with Crippen molar-refractivity contribution >= 4 is 50.3 Å². The highest BCUT2D eigenvalue weighted by molar-refractivity contribution is 7.89. The van der Waals surface area contributed by atoms with E-state index in [2.05, 4.69) is 5.32 Å². The third kappa shape index (κ3) is 3.56. The molecule has 0 amide bonds. The smallest absolute Gasteiger partial charge is 0.238 e. The number of sulfonamides is 1. The number of nitrogens with two attached hydrogens (primary N) is 2. The molecule has 0 radical (unpaired) electrons. The Labute approximate surface area is 130 Å². The van der Waals surface area contributed by atoms with Crippen LogP contribution in [0.15, 0.2) is 35.2 Å². The van der Waals surface area contributed by atoms with Crippen LogP contribution in [-0.2, 0) is 10.0 Å². The van der Waals surface area contributed by atoms with Gasteiger partial charge in [0.05, 0.1) is 26.3 Å². The summed E-state index contributed by atoms with van der Waals surface area (Å²) in [7, 11) is -3.83. The molecule has 0 saturated heterocycles. The SMILES string of the molecule is Nc1cc(S(N)(=O)=O)ccc1Nc1cc(Cl)c(F)c(Cl)c1. The third-order valence-corrected chi connectivity index (χ3v) is 4.08. The highest BCUT2D eigenvalue weighted by Crippen LogP contribution is 2.31. The Balaban J connectivity index is 2.37. The molecule has 0 saturated carbocycles. The van der Waals surface area contributed by atoms with Gasteiger partial charge < -0.3 is 11.1 Å². The second-order valence-corrected chi connectivity index (χ2v) is 6.55. The van der Waals surface area contributed by atoms with Crippen LogP contribution in [0.1, 0.15) is 0 Å². The van der Waals surface area contributed by atoms with Gasteiger partial charge in [-0.25, -0.2) is 17.9 Å². The molecule has 0 heterocycles. The van der Waals surface area contributed by atoms with Crippen LogP contribution < -0.4 is 16.2 Å². The molecule has 0 unspecified atom stereocenters. The summed E-state index contributed by atoms with van der Waals surface area (Å²) in [5.74, 6) is -0.721. The van der Waals surface area contributed by atoms with Crippen LogP contribution in [0.3, 0.4) is 0 Å². The molecule has 0 aliphatic rings. The minimum Gasteiger partial charge on any atom is -0.397 e. The fourth-order valence-electron chi connectivity index (χ4n) is 1.61. The lowest BCUT2D eigenvalue weighted by molar-refractivity contribution is 0.598. The summed E-state index contributed by atoms with van der Waals surface area (Å²) in [6, 6.07) is 6.59. The van der Waals surface area contributed by atoms with Crippen LogP contribution >= 0.6 is 23.2 Å². The van der Waals surface area contributed by atoms with Gasteiger partial charge in [0.15, 0.2) is 5.82 Å². The Morgan fingerprint density at radius 3 is 2.14 bits per heavy atom. The van der Waals surface area contributed by atoms with Crippen LogP contribution in [0.4, 0.5) is 21.5 Å². The van der Waals surface area contributed by atoms with Gasteiger partial charge in [0.2, 0.25) is 10.0 Å². The molecule has 0 spiro atoms. The minimum atomic E-state index is -3.83. The summed E-state index contributed by atoms with van der Waals surface area (Å²) in [5.41, 5.74) is 6.71. The average molecular weight is 350 g/mol. The van der Waals surface area contributed by atoms with E-state index in [0.717, 1.165) is 0 Å². The highest BCUT2D eigenvalue weighted by atomic mass is 35.5. The van der Waals surface area contributed by atoms with Crippen molar-refractivity contribution in [1.29, 1.82) is 0 Å². The Hall–Kier alpha value is -1.54. The predicted octanol–water partition coefficient (Wildman–Crippen LogP) is 3.11. The molecular formula is C12H10Cl2FN3O2S. The summed E-state index contributed by atoms with van der Waals surface area (Å²) < 4.78 is 35.7. The van der Waals surface area contributed by atoms with Crippen molar-refractivity contribution in [2.24, 2.45) is 5.14 Å². The van der Waals surface area contributed by atoms with Crippen LogP contribution in [0, 0.1) is 5.82 Å². The number of anilines is 3. The van der Waals surface area contributed by atoms with Gasteiger partial charge in [0, 0.05) is 5.69 Å². The molecule has 21 heavy (non-hydrogen) atoms.